The molecule has 3 amide bonds. The second-order valence-corrected chi connectivity index (χ2v) is 8.94. The molecule has 1 aromatic carbocycles. The molecule has 30 heavy (non-hydrogen) atoms. The molecule has 0 saturated heterocycles. The summed E-state index contributed by atoms with van der Waals surface area (Å²) in [6, 6.07) is 5.17. The fourth-order valence-electron chi connectivity index (χ4n) is 3.59. The van der Waals surface area contributed by atoms with Gasteiger partial charge in [-0.1, -0.05) is 17.7 Å². The van der Waals surface area contributed by atoms with Gasteiger partial charge in [0.15, 0.2) is 5.69 Å². The maximum absolute atomic E-state index is 13.1. The maximum Gasteiger partial charge on any atom is 0.322 e. The van der Waals surface area contributed by atoms with E-state index in [-0.39, 0.29) is 17.5 Å². The Balaban J connectivity index is 1.75. The first-order valence-electron chi connectivity index (χ1n) is 10.0. The molecule has 0 atom stereocenters. The molecule has 1 aliphatic heterocycles. The summed E-state index contributed by atoms with van der Waals surface area (Å²) in [5.74, 6) is -0.141. The summed E-state index contributed by atoms with van der Waals surface area (Å²) in [6.45, 7) is 9.52. The van der Waals surface area contributed by atoms with Gasteiger partial charge in [0.2, 0.25) is 0 Å². The first-order chi connectivity index (χ1) is 14.1. The molecule has 4 N–H and O–H groups in total. The summed E-state index contributed by atoms with van der Waals surface area (Å²) in [5, 5.41) is 10.7. The second kappa shape index (κ2) is 8.65. The fraction of sp³-hybridized carbons (Fsp3) is 0.476. The van der Waals surface area contributed by atoms with Crippen molar-refractivity contribution in [3.05, 3.63) is 45.7 Å². The van der Waals surface area contributed by atoms with Gasteiger partial charge in [0.1, 0.15) is 0 Å². The highest BCUT2D eigenvalue weighted by atomic mass is 35.5. The van der Waals surface area contributed by atoms with E-state index in [2.05, 4.69) is 15.5 Å². The van der Waals surface area contributed by atoms with Crippen LogP contribution in [0.3, 0.4) is 0 Å². The third kappa shape index (κ3) is 4.60. The number of carbonyl (C=O) groups excluding carboxylic acids is 2. The lowest BCUT2D eigenvalue weighted by atomic mass is 10.0. The summed E-state index contributed by atoms with van der Waals surface area (Å²) >= 11 is 6.04. The van der Waals surface area contributed by atoms with Gasteiger partial charge in [-0.25, -0.2) is 4.79 Å². The van der Waals surface area contributed by atoms with Crippen LogP contribution in [0, 0.1) is 6.92 Å². The van der Waals surface area contributed by atoms with Crippen molar-refractivity contribution in [1.29, 1.82) is 0 Å². The van der Waals surface area contributed by atoms with Crippen LogP contribution in [0.2, 0.25) is 5.02 Å². The standard InChI is InChI=1S/C21H29ClN6O2/c1-13-5-6-14(22)11-16(13)24-20(30)27-9-7-15-17(12-27)25-26-18(15)19(29)28(10-8-23)21(2,3)4/h5-6,11H,7-10,12,23H2,1-4H3,(H,24,30)(H,25,26). The van der Waals surface area contributed by atoms with Gasteiger partial charge in [0, 0.05) is 41.4 Å². The number of benzene rings is 1. The molecule has 2 aromatic rings. The lowest BCUT2D eigenvalue weighted by Crippen LogP contribution is -2.48. The van der Waals surface area contributed by atoms with E-state index in [0.717, 1.165) is 16.8 Å². The molecule has 8 nitrogen and oxygen atoms in total. The number of aryl methyl sites for hydroxylation is 1. The van der Waals surface area contributed by atoms with Crippen LogP contribution in [0.25, 0.3) is 0 Å². The van der Waals surface area contributed by atoms with Crippen LogP contribution >= 0.6 is 11.6 Å². The van der Waals surface area contributed by atoms with E-state index in [4.69, 9.17) is 17.3 Å². The first-order valence-corrected chi connectivity index (χ1v) is 10.4. The van der Waals surface area contributed by atoms with Gasteiger partial charge in [-0.05, 0) is 51.8 Å². The van der Waals surface area contributed by atoms with Gasteiger partial charge in [-0.2, -0.15) is 5.10 Å². The number of H-pyrrole nitrogens is 1. The molecule has 0 spiro atoms. The Hall–Kier alpha value is -2.58. The molecule has 3 rings (SSSR count). The van der Waals surface area contributed by atoms with E-state index in [1.54, 1.807) is 21.9 Å². The van der Waals surface area contributed by atoms with Gasteiger partial charge < -0.3 is 20.9 Å². The molecule has 0 bridgehead atoms. The number of urea groups is 1. The number of nitrogens with two attached hydrogens (primary N) is 1. The number of fused-ring (bicyclic) bond motifs is 1. The number of aromatic amines is 1. The normalized spacial score (nSPS) is 13.7. The number of nitrogens with zero attached hydrogens (tertiary/aromatic N) is 3. The zero-order valence-electron chi connectivity index (χ0n) is 17.9. The zero-order chi connectivity index (χ0) is 22.1. The Bertz CT molecular complexity index is 949. The van der Waals surface area contributed by atoms with E-state index in [0.29, 0.717) is 49.0 Å². The number of aromatic nitrogens is 2. The van der Waals surface area contributed by atoms with Crippen molar-refractivity contribution in [3.8, 4) is 0 Å². The van der Waals surface area contributed by atoms with E-state index in [1.165, 1.54) is 0 Å². The zero-order valence-corrected chi connectivity index (χ0v) is 18.6. The second-order valence-electron chi connectivity index (χ2n) is 8.51. The Morgan fingerprint density at radius 3 is 2.77 bits per heavy atom. The largest absolute Gasteiger partial charge is 0.331 e. The number of nitrogens with one attached hydrogen (secondary N) is 2. The van der Waals surface area contributed by atoms with E-state index >= 15 is 0 Å². The van der Waals surface area contributed by atoms with Crippen LogP contribution in [0.5, 0.6) is 0 Å². The summed E-state index contributed by atoms with van der Waals surface area (Å²) < 4.78 is 0. The average molecular weight is 433 g/mol. The lowest BCUT2D eigenvalue weighted by Gasteiger charge is -2.35. The molecule has 1 aliphatic rings. The van der Waals surface area contributed by atoms with Crippen molar-refractivity contribution in [2.75, 3.05) is 25.0 Å². The van der Waals surface area contributed by atoms with Gasteiger partial charge in [0.05, 0.1) is 12.2 Å². The van der Waals surface area contributed by atoms with Crippen molar-refractivity contribution >= 4 is 29.2 Å². The predicted molar refractivity (Wildman–Crippen MR) is 118 cm³/mol. The quantitative estimate of drug-likeness (QED) is 0.689. The molecule has 0 aliphatic carbocycles. The van der Waals surface area contributed by atoms with Crippen LogP contribution in [-0.2, 0) is 13.0 Å². The fourth-order valence-corrected chi connectivity index (χ4v) is 3.76. The SMILES string of the molecule is Cc1ccc(Cl)cc1NC(=O)N1CCc2c(C(=O)N(CCN)C(C)(C)C)n[nH]c2C1. The van der Waals surface area contributed by atoms with E-state index in [1.807, 2.05) is 33.8 Å². The van der Waals surface area contributed by atoms with Crippen LogP contribution in [0.15, 0.2) is 18.2 Å². The van der Waals surface area contributed by atoms with Gasteiger partial charge in [-0.3, -0.25) is 9.89 Å². The summed E-state index contributed by atoms with van der Waals surface area (Å²) in [7, 11) is 0. The monoisotopic (exact) mass is 432 g/mol. The minimum absolute atomic E-state index is 0.141. The molecule has 0 unspecified atom stereocenters. The molecular weight excluding hydrogens is 404 g/mol. The number of halogens is 1. The van der Waals surface area contributed by atoms with Crippen molar-refractivity contribution < 1.29 is 9.59 Å². The third-order valence-corrected chi connectivity index (χ3v) is 5.51. The topological polar surface area (TPSA) is 107 Å². The molecule has 9 heteroatoms. The van der Waals surface area contributed by atoms with Crippen LogP contribution in [0.1, 0.15) is 48.1 Å². The van der Waals surface area contributed by atoms with Gasteiger partial charge in [0.25, 0.3) is 5.91 Å². The van der Waals surface area contributed by atoms with E-state index in [9.17, 15) is 9.59 Å². The number of amides is 3. The van der Waals surface area contributed by atoms with Crippen molar-refractivity contribution in [2.24, 2.45) is 5.73 Å². The summed E-state index contributed by atoms with van der Waals surface area (Å²) in [4.78, 5) is 29.3. The summed E-state index contributed by atoms with van der Waals surface area (Å²) in [5.41, 5.74) is 9.03. The van der Waals surface area contributed by atoms with Crippen molar-refractivity contribution in [3.63, 3.8) is 0 Å². The highest BCUT2D eigenvalue weighted by molar-refractivity contribution is 6.31. The number of hydrogen-bond acceptors (Lipinski definition) is 4. The predicted octanol–water partition coefficient (Wildman–Crippen LogP) is 3.16. The summed E-state index contributed by atoms with van der Waals surface area (Å²) in [6.07, 6.45) is 0.551. The highest BCUT2D eigenvalue weighted by Crippen LogP contribution is 2.25. The maximum atomic E-state index is 13.1. The Morgan fingerprint density at radius 1 is 1.37 bits per heavy atom. The molecule has 0 fully saturated rings. The smallest absolute Gasteiger partial charge is 0.322 e. The molecular formula is C21H29ClN6O2. The minimum atomic E-state index is -0.363. The molecule has 0 radical (unpaired) electrons. The number of carbonyl (C=O) groups is 2. The first kappa shape index (κ1) is 22.1. The third-order valence-electron chi connectivity index (χ3n) is 5.27. The Kier molecular flexibility index (Phi) is 6.38. The number of hydrogen-bond donors (Lipinski definition) is 3. The van der Waals surface area contributed by atoms with Crippen LogP contribution in [-0.4, -0.2) is 57.1 Å². The van der Waals surface area contributed by atoms with Crippen LogP contribution < -0.4 is 11.1 Å². The highest BCUT2D eigenvalue weighted by Gasteiger charge is 2.33. The van der Waals surface area contributed by atoms with Crippen molar-refractivity contribution in [2.45, 2.75) is 46.2 Å². The Morgan fingerprint density at radius 2 is 2.10 bits per heavy atom. The number of anilines is 1. The molecule has 0 saturated carbocycles. The Labute approximate surface area is 181 Å². The molecule has 1 aromatic heterocycles. The van der Waals surface area contributed by atoms with Crippen LogP contribution in [0.4, 0.5) is 10.5 Å². The van der Waals surface area contributed by atoms with Gasteiger partial charge >= 0.3 is 6.03 Å². The minimum Gasteiger partial charge on any atom is -0.331 e. The lowest BCUT2D eigenvalue weighted by molar-refractivity contribution is 0.0584. The van der Waals surface area contributed by atoms with Crippen molar-refractivity contribution in [1.82, 2.24) is 20.0 Å². The van der Waals surface area contributed by atoms with Gasteiger partial charge in [-0.15, -0.1) is 0 Å². The molecule has 162 valence electrons. The van der Waals surface area contributed by atoms with E-state index < -0.39 is 0 Å². The molecule has 2 heterocycles. The average Bonchev–Trinajstić information content (AvgIpc) is 3.10. The number of rotatable bonds is 4.